The third kappa shape index (κ3) is 3.68. The van der Waals surface area contributed by atoms with E-state index in [0.29, 0.717) is 0 Å². The number of hydrogen-bond acceptors (Lipinski definition) is 3. The molecule has 0 radical (unpaired) electrons. The van der Waals surface area contributed by atoms with Crippen LogP contribution in [0, 0.1) is 0 Å². The van der Waals surface area contributed by atoms with Crippen molar-refractivity contribution in [1.29, 1.82) is 0 Å². The Labute approximate surface area is 88.8 Å². The van der Waals surface area contributed by atoms with Crippen molar-refractivity contribution < 1.29 is 15.0 Å². The Balaban J connectivity index is 0.00000169. The van der Waals surface area contributed by atoms with Crippen LogP contribution in [0.3, 0.4) is 0 Å². The molecule has 0 heterocycles. The van der Waals surface area contributed by atoms with Crippen molar-refractivity contribution in [2.75, 3.05) is 0 Å². The molecule has 1 rings (SSSR count). The van der Waals surface area contributed by atoms with Gasteiger partial charge in [-0.2, -0.15) is 13.5 Å². The zero-order chi connectivity index (χ0) is 9.84. The fourth-order valence-electron chi connectivity index (χ4n) is 0.973. The van der Waals surface area contributed by atoms with Crippen LogP contribution in [-0.4, -0.2) is 22.2 Å². The molecular formula is C9H13NO3S. The van der Waals surface area contributed by atoms with Gasteiger partial charge in [-0.3, -0.25) is 4.79 Å². The molecule has 0 aliphatic carbocycles. The molecule has 78 valence electrons. The highest BCUT2D eigenvalue weighted by atomic mass is 32.1. The second-order valence-electron chi connectivity index (χ2n) is 2.82. The molecule has 4 nitrogen and oxygen atoms in total. The van der Waals surface area contributed by atoms with Crippen molar-refractivity contribution in [1.82, 2.24) is 0 Å². The lowest BCUT2D eigenvalue weighted by molar-refractivity contribution is -0.138. The number of phenolic OH excluding ortho intramolecular Hbond substituents is 1. The highest BCUT2D eigenvalue weighted by molar-refractivity contribution is 7.59. The summed E-state index contributed by atoms with van der Waals surface area (Å²) in [5, 5.41) is 17.5. The first-order valence-corrected chi connectivity index (χ1v) is 3.86. The van der Waals surface area contributed by atoms with Crippen molar-refractivity contribution in [2.24, 2.45) is 5.73 Å². The predicted octanol–water partition coefficient (Wildman–Crippen LogP) is 0.459. The Bertz CT molecular complexity index is 299. The average molecular weight is 215 g/mol. The van der Waals surface area contributed by atoms with Crippen molar-refractivity contribution in [3.05, 3.63) is 29.8 Å². The molecule has 5 heteroatoms. The summed E-state index contributed by atoms with van der Waals surface area (Å²) in [4.78, 5) is 10.4. The first-order chi connectivity index (χ1) is 6.09. The monoisotopic (exact) mass is 215 g/mol. The summed E-state index contributed by atoms with van der Waals surface area (Å²) in [5.41, 5.74) is 6.12. The highest BCUT2D eigenvalue weighted by Crippen LogP contribution is 2.10. The lowest BCUT2D eigenvalue weighted by atomic mass is 10.1. The Kier molecular flexibility index (Phi) is 5.04. The molecule has 0 aliphatic heterocycles. The maximum atomic E-state index is 10.4. The Hall–Kier alpha value is -1.20. The quantitative estimate of drug-likeness (QED) is 0.684. The summed E-state index contributed by atoms with van der Waals surface area (Å²) in [5.74, 6) is -0.860. The molecule has 14 heavy (non-hydrogen) atoms. The van der Waals surface area contributed by atoms with Gasteiger partial charge in [0.2, 0.25) is 0 Å². The standard InChI is InChI=1S/C9H11NO3.H2S/c10-8(9(12)13)5-6-1-3-7(11)4-2-6;/h1-4,8,11H,5,10H2,(H,12,13);1H2. The molecule has 4 N–H and O–H groups in total. The minimum absolute atomic E-state index is 0. The van der Waals surface area contributed by atoms with Crippen molar-refractivity contribution in [3.8, 4) is 5.75 Å². The predicted molar refractivity (Wildman–Crippen MR) is 57.8 cm³/mol. The van der Waals surface area contributed by atoms with Gasteiger partial charge in [-0.15, -0.1) is 0 Å². The van der Waals surface area contributed by atoms with Gasteiger partial charge >= 0.3 is 5.97 Å². The Morgan fingerprint density at radius 1 is 1.36 bits per heavy atom. The maximum absolute atomic E-state index is 10.4. The molecule has 1 aromatic rings. The van der Waals surface area contributed by atoms with Crippen LogP contribution < -0.4 is 5.73 Å². The molecular weight excluding hydrogens is 202 g/mol. The number of carboxylic acids is 1. The number of benzene rings is 1. The topological polar surface area (TPSA) is 83.5 Å². The van der Waals surface area contributed by atoms with Gasteiger partial charge in [0.15, 0.2) is 0 Å². The molecule has 0 saturated carbocycles. The maximum Gasteiger partial charge on any atom is 0.320 e. The van der Waals surface area contributed by atoms with Crippen LogP contribution in [0.2, 0.25) is 0 Å². The van der Waals surface area contributed by atoms with Gasteiger partial charge in [-0.1, -0.05) is 12.1 Å². The fraction of sp³-hybridized carbons (Fsp3) is 0.222. The van der Waals surface area contributed by atoms with Gasteiger partial charge in [-0.05, 0) is 24.1 Å². The molecule has 0 saturated heterocycles. The van der Waals surface area contributed by atoms with E-state index in [1.165, 1.54) is 12.1 Å². The highest BCUT2D eigenvalue weighted by Gasteiger charge is 2.11. The second kappa shape index (κ2) is 5.51. The molecule has 0 amide bonds. The van der Waals surface area contributed by atoms with E-state index in [0.717, 1.165) is 5.56 Å². The van der Waals surface area contributed by atoms with E-state index >= 15 is 0 Å². The van der Waals surface area contributed by atoms with E-state index in [1.54, 1.807) is 12.1 Å². The minimum Gasteiger partial charge on any atom is -0.508 e. The fourth-order valence-corrected chi connectivity index (χ4v) is 0.973. The molecule has 0 aliphatic rings. The van der Waals surface area contributed by atoms with Gasteiger partial charge < -0.3 is 15.9 Å². The summed E-state index contributed by atoms with van der Waals surface area (Å²) in [6.45, 7) is 0. The summed E-state index contributed by atoms with van der Waals surface area (Å²) in [7, 11) is 0. The zero-order valence-corrected chi connectivity index (χ0v) is 8.47. The smallest absolute Gasteiger partial charge is 0.320 e. The van der Waals surface area contributed by atoms with Crippen LogP contribution in [0.4, 0.5) is 0 Å². The first-order valence-electron chi connectivity index (χ1n) is 3.86. The summed E-state index contributed by atoms with van der Waals surface area (Å²) >= 11 is 0. The molecule has 0 spiro atoms. The molecule has 1 atom stereocenters. The van der Waals surface area contributed by atoms with Crippen LogP contribution in [-0.2, 0) is 11.2 Å². The van der Waals surface area contributed by atoms with Crippen LogP contribution in [0.5, 0.6) is 5.75 Å². The van der Waals surface area contributed by atoms with Crippen LogP contribution in [0.15, 0.2) is 24.3 Å². The number of aromatic hydroxyl groups is 1. The normalized spacial score (nSPS) is 11.5. The zero-order valence-electron chi connectivity index (χ0n) is 7.47. The number of rotatable bonds is 3. The molecule has 0 bridgehead atoms. The average Bonchev–Trinajstić information content (AvgIpc) is 2.08. The number of carbonyl (C=O) groups is 1. The summed E-state index contributed by atoms with van der Waals surface area (Å²) < 4.78 is 0. The Morgan fingerprint density at radius 3 is 2.29 bits per heavy atom. The molecule has 0 aromatic heterocycles. The van der Waals surface area contributed by atoms with E-state index in [-0.39, 0.29) is 25.7 Å². The van der Waals surface area contributed by atoms with Crippen molar-refractivity contribution >= 4 is 19.5 Å². The van der Waals surface area contributed by atoms with E-state index in [4.69, 9.17) is 15.9 Å². The molecule has 1 unspecified atom stereocenters. The largest absolute Gasteiger partial charge is 0.508 e. The third-order valence-electron chi connectivity index (χ3n) is 1.71. The van der Waals surface area contributed by atoms with Gasteiger partial charge in [0.1, 0.15) is 11.8 Å². The van der Waals surface area contributed by atoms with E-state index < -0.39 is 12.0 Å². The Morgan fingerprint density at radius 2 is 1.86 bits per heavy atom. The van der Waals surface area contributed by atoms with E-state index in [2.05, 4.69) is 0 Å². The lowest BCUT2D eigenvalue weighted by Gasteiger charge is -2.05. The van der Waals surface area contributed by atoms with Crippen LogP contribution in [0.1, 0.15) is 5.56 Å². The van der Waals surface area contributed by atoms with Gasteiger partial charge in [-0.25, -0.2) is 0 Å². The van der Waals surface area contributed by atoms with Crippen LogP contribution >= 0.6 is 13.5 Å². The number of carboxylic acid groups (broad SMARTS) is 1. The van der Waals surface area contributed by atoms with Crippen molar-refractivity contribution in [2.45, 2.75) is 12.5 Å². The van der Waals surface area contributed by atoms with E-state index in [1.807, 2.05) is 0 Å². The second-order valence-corrected chi connectivity index (χ2v) is 2.82. The van der Waals surface area contributed by atoms with Gasteiger partial charge in [0.25, 0.3) is 0 Å². The van der Waals surface area contributed by atoms with E-state index in [9.17, 15) is 4.79 Å². The number of phenols is 1. The molecule has 0 fully saturated rings. The number of nitrogens with two attached hydrogens (primary N) is 1. The first kappa shape index (κ1) is 12.8. The summed E-state index contributed by atoms with van der Waals surface area (Å²) in [6, 6.07) is 5.42. The SMILES string of the molecule is NC(Cc1ccc(O)cc1)C(=O)O.S. The van der Waals surface area contributed by atoms with Crippen LogP contribution in [0.25, 0.3) is 0 Å². The molecule has 1 aromatic carbocycles. The lowest BCUT2D eigenvalue weighted by Crippen LogP contribution is -2.32. The number of aliphatic carboxylic acids is 1. The van der Waals surface area contributed by atoms with Gasteiger partial charge in [0.05, 0.1) is 0 Å². The van der Waals surface area contributed by atoms with Crippen molar-refractivity contribution in [3.63, 3.8) is 0 Å². The third-order valence-corrected chi connectivity index (χ3v) is 1.71. The van der Waals surface area contributed by atoms with Gasteiger partial charge in [0, 0.05) is 0 Å². The summed E-state index contributed by atoms with van der Waals surface area (Å²) in [6.07, 6.45) is 0.273. The minimum atomic E-state index is -1.02. The number of hydrogen-bond donors (Lipinski definition) is 3.